The highest BCUT2D eigenvalue weighted by Gasteiger charge is 2.35. The lowest BCUT2D eigenvalue weighted by Crippen LogP contribution is -2.37. The van der Waals surface area contributed by atoms with Gasteiger partial charge in [-0.05, 0) is 45.2 Å². The summed E-state index contributed by atoms with van der Waals surface area (Å²) in [6, 6.07) is 1.80. The summed E-state index contributed by atoms with van der Waals surface area (Å²) in [6.07, 6.45) is 1.47. The molecule has 11 heteroatoms. The third-order valence-corrected chi connectivity index (χ3v) is 5.77. The summed E-state index contributed by atoms with van der Waals surface area (Å²) in [5, 5.41) is 4.64. The number of anilines is 1. The van der Waals surface area contributed by atoms with E-state index in [-0.39, 0.29) is 35.6 Å². The van der Waals surface area contributed by atoms with Crippen LogP contribution >= 0.6 is 0 Å². The number of rotatable bonds is 10. The average Bonchev–Trinajstić information content (AvgIpc) is 3.20. The number of nitrogens with zero attached hydrogens (tertiary/aromatic N) is 3. The number of carbonyl (C=O) groups excluding carboxylic acids is 2. The Morgan fingerprint density at radius 3 is 2.32 bits per heavy atom. The van der Waals surface area contributed by atoms with Crippen LogP contribution in [-0.4, -0.2) is 67.2 Å². The van der Waals surface area contributed by atoms with E-state index in [0.717, 1.165) is 0 Å². The first-order valence-electron chi connectivity index (χ1n) is 12.3. The number of fused-ring (bicyclic) bond motifs is 1. The van der Waals surface area contributed by atoms with Gasteiger partial charge in [0.15, 0.2) is 0 Å². The van der Waals surface area contributed by atoms with Crippen molar-refractivity contribution in [2.45, 2.75) is 46.2 Å². The Labute approximate surface area is 213 Å². The topological polar surface area (TPSA) is 82.4 Å². The Kier molecular flexibility index (Phi) is 9.73. The lowest BCUT2D eigenvalue weighted by Gasteiger charge is -2.28. The van der Waals surface area contributed by atoms with Gasteiger partial charge in [0.05, 0.1) is 43.2 Å². The summed E-state index contributed by atoms with van der Waals surface area (Å²) in [7, 11) is 0. The molecule has 2 aromatic heterocycles. The van der Waals surface area contributed by atoms with Gasteiger partial charge in [-0.3, -0.25) is 0 Å². The second-order valence-corrected chi connectivity index (χ2v) is 8.30. The largest absolute Gasteiger partial charge is 0.462 e. The van der Waals surface area contributed by atoms with Crippen molar-refractivity contribution in [3.8, 4) is 0 Å². The number of ether oxygens (including phenoxy) is 3. The van der Waals surface area contributed by atoms with Gasteiger partial charge in [-0.2, -0.15) is 18.3 Å². The molecule has 0 spiro atoms. The van der Waals surface area contributed by atoms with Crippen LogP contribution in [0, 0.1) is 0 Å². The molecule has 1 aliphatic rings. The molecule has 0 N–H and O–H groups in total. The van der Waals surface area contributed by atoms with Gasteiger partial charge in [-0.1, -0.05) is 24.3 Å². The summed E-state index contributed by atoms with van der Waals surface area (Å²) in [4.78, 5) is 28.2. The van der Waals surface area contributed by atoms with E-state index in [1.54, 1.807) is 19.9 Å². The predicted molar refractivity (Wildman–Crippen MR) is 132 cm³/mol. The van der Waals surface area contributed by atoms with Crippen LogP contribution in [0.4, 0.5) is 19.0 Å². The molecule has 0 saturated carbocycles. The number of esters is 2. The number of aromatic nitrogens is 2. The highest BCUT2D eigenvalue weighted by molar-refractivity contribution is 6.10. The molecule has 0 bridgehead atoms. The summed E-state index contributed by atoms with van der Waals surface area (Å²) in [6.45, 7) is 7.11. The molecule has 0 radical (unpaired) electrons. The van der Waals surface area contributed by atoms with Crippen LogP contribution in [0.25, 0.3) is 5.52 Å². The van der Waals surface area contributed by atoms with Crippen LogP contribution < -0.4 is 4.90 Å². The minimum atomic E-state index is -4.49. The molecule has 2 aromatic rings. The molecule has 0 amide bonds. The quantitative estimate of drug-likeness (QED) is 0.330. The van der Waals surface area contributed by atoms with Gasteiger partial charge < -0.3 is 19.1 Å². The maximum Gasteiger partial charge on any atom is 0.389 e. The number of aryl methyl sites for hydroxylation is 1. The average molecular weight is 524 g/mol. The minimum absolute atomic E-state index is 0.0165. The molecule has 8 nitrogen and oxygen atoms in total. The molecule has 0 atom stereocenters. The zero-order valence-electron chi connectivity index (χ0n) is 21.3. The van der Waals surface area contributed by atoms with Crippen LogP contribution in [0.15, 0.2) is 30.4 Å². The van der Waals surface area contributed by atoms with Crippen molar-refractivity contribution < 1.29 is 37.0 Å². The van der Waals surface area contributed by atoms with Crippen molar-refractivity contribution >= 4 is 23.3 Å². The zero-order valence-corrected chi connectivity index (χ0v) is 21.3. The second-order valence-electron chi connectivity index (χ2n) is 8.30. The number of halogens is 3. The van der Waals surface area contributed by atoms with E-state index in [4.69, 9.17) is 14.2 Å². The fraction of sp³-hybridized carbons (Fsp3) is 0.500. The van der Waals surface area contributed by atoms with Crippen LogP contribution in [0.1, 0.15) is 59.2 Å². The summed E-state index contributed by atoms with van der Waals surface area (Å²) in [5.74, 6) is -1.20. The Morgan fingerprint density at radius 1 is 1.08 bits per heavy atom. The normalized spacial score (nSPS) is 14.7. The molecular weight excluding hydrogens is 491 g/mol. The maximum absolute atomic E-state index is 13.3. The standard InChI is InChI=1S/C26H32F3N3O5/c1-4-7-8-9-10-18-17-20(31-13-15-35-16-14-31)30-32-19(11-12-26(27,28)29)21(24(33)36-5-2)22(23(18)32)25(34)37-6-3/h4,7-9,17H,5-6,10-16H2,1-3H3/b7-4-,9-8-. The molecule has 1 fully saturated rings. The maximum atomic E-state index is 13.3. The fourth-order valence-electron chi connectivity index (χ4n) is 4.18. The number of carbonyl (C=O) groups is 2. The van der Waals surface area contributed by atoms with Gasteiger partial charge in [0.25, 0.3) is 0 Å². The van der Waals surface area contributed by atoms with Gasteiger partial charge in [-0.25, -0.2) is 14.1 Å². The first kappa shape index (κ1) is 28.2. The van der Waals surface area contributed by atoms with E-state index in [1.807, 2.05) is 36.1 Å². The van der Waals surface area contributed by atoms with Crippen LogP contribution in [0.3, 0.4) is 0 Å². The molecule has 0 aliphatic carbocycles. The number of hydrogen-bond acceptors (Lipinski definition) is 7. The van der Waals surface area contributed by atoms with Crippen molar-refractivity contribution in [1.29, 1.82) is 0 Å². The molecule has 3 heterocycles. The third kappa shape index (κ3) is 6.91. The molecule has 0 unspecified atom stereocenters. The van der Waals surface area contributed by atoms with Gasteiger partial charge >= 0.3 is 18.1 Å². The van der Waals surface area contributed by atoms with E-state index in [2.05, 4.69) is 5.10 Å². The Morgan fingerprint density at radius 2 is 1.73 bits per heavy atom. The summed E-state index contributed by atoms with van der Waals surface area (Å²) in [5.41, 5.74) is 0.440. The molecular formula is C26H32F3N3O5. The third-order valence-electron chi connectivity index (χ3n) is 5.77. The van der Waals surface area contributed by atoms with Crippen LogP contribution in [0.5, 0.6) is 0 Å². The van der Waals surface area contributed by atoms with E-state index in [9.17, 15) is 22.8 Å². The lowest BCUT2D eigenvalue weighted by molar-refractivity contribution is -0.134. The molecule has 0 aromatic carbocycles. The van der Waals surface area contributed by atoms with Gasteiger partial charge in [0.2, 0.25) is 0 Å². The predicted octanol–water partition coefficient (Wildman–Crippen LogP) is 4.69. The van der Waals surface area contributed by atoms with E-state index >= 15 is 0 Å². The molecule has 3 rings (SSSR count). The van der Waals surface area contributed by atoms with E-state index in [0.29, 0.717) is 44.1 Å². The SMILES string of the molecule is C/C=C\C=C/Cc1cc(N2CCOCC2)nn2c(CCC(F)(F)F)c(C(=O)OCC)c(C(=O)OCC)c12. The minimum Gasteiger partial charge on any atom is -0.462 e. The molecule has 37 heavy (non-hydrogen) atoms. The van der Waals surface area contributed by atoms with Crippen molar-refractivity contribution in [2.75, 3.05) is 44.4 Å². The number of hydrogen-bond donors (Lipinski definition) is 0. The summed E-state index contributed by atoms with van der Waals surface area (Å²) < 4.78 is 57.1. The van der Waals surface area contributed by atoms with E-state index in [1.165, 1.54) is 4.52 Å². The van der Waals surface area contributed by atoms with Crippen molar-refractivity contribution in [3.63, 3.8) is 0 Å². The van der Waals surface area contributed by atoms with Gasteiger partial charge in [0, 0.05) is 19.5 Å². The van der Waals surface area contributed by atoms with E-state index < -0.39 is 31.0 Å². The van der Waals surface area contributed by atoms with Crippen molar-refractivity contribution in [3.05, 3.63) is 52.8 Å². The number of alkyl halides is 3. The van der Waals surface area contributed by atoms with Crippen LogP contribution in [0.2, 0.25) is 0 Å². The van der Waals surface area contributed by atoms with Crippen LogP contribution in [-0.2, 0) is 27.1 Å². The Balaban J connectivity index is 2.36. The number of morpholine rings is 1. The second kappa shape index (κ2) is 12.8. The van der Waals surface area contributed by atoms with Crippen molar-refractivity contribution in [1.82, 2.24) is 9.61 Å². The Hall–Kier alpha value is -3.34. The smallest absolute Gasteiger partial charge is 0.389 e. The van der Waals surface area contributed by atoms with Gasteiger partial charge in [0.1, 0.15) is 11.4 Å². The molecule has 1 saturated heterocycles. The monoisotopic (exact) mass is 523 g/mol. The van der Waals surface area contributed by atoms with Gasteiger partial charge in [-0.15, -0.1) is 0 Å². The van der Waals surface area contributed by atoms with Crippen molar-refractivity contribution in [2.24, 2.45) is 0 Å². The zero-order chi connectivity index (χ0) is 27.0. The number of allylic oxidation sites excluding steroid dienone is 4. The molecule has 1 aliphatic heterocycles. The molecule has 202 valence electrons. The summed E-state index contributed by atoms with van der Waals surface area (Å²) >= 11 is 0. The first-order chi connectivity index (χ1) is 17.7. The fourth-order valence-corrected chi connectivity index (χ4v) is 4.18. The Bertz CT molecular complexity index is 1160. The first-order valence-corrected chi connectivity index (χ1v) is 12.3. The highest BCUT2D eigenvalue weighted by Crippen LogP contribution is 2.33. The highest BCUT2D eigenvalue weighted by atomic mass is 19.4. The lowest BCUT2D eigenvalue weighted by atomic mass is 10.0.